The molecule has 1 aromatic carbocycles. The summed E-state index contributed by atoms with van der Waals surface area (Å²) in [5.74, 6) is 1.86. The summed E-state index contributed by atoms with van der Waals surface area (Å²) in [6.45, 7) is 0. The SMILES string of the molecule is CNc1sc2c(c1C(=O)Nc1ccc(Cl)cc1)CSC2. The van der Waals surface area contributed by atoms with Gasteiger partial charge in [0, 0.05) is 34.1 Å². The zero-order chi connectivity index (χ0) is 14.1. The number of rotatable bonds is 3. The smallest absolute Gasteiger partial charge is 0.258 e. The minimum Gasteiger partial charge on any atom is -0.379 e. The molecule has 1 aliphatic rings. The second-order valence-electron chi connectivity index (χ2n) is 4.41. The van der Waals surface area contributed by atoms with Gasteiger partial charge in [0.15, 0.2) is 0 Å². The Labute approximate surface area is 130 Å². The monoisotopic (exact) mass is 324 g/mol. The Morgan fingerprint density at radius 2 is 2.00 bits per heavy atom. The number of carbonyl (C=O) groups is 1. The van der Waals surface area contributed by atoms with E-state index in [-0.39, 0.29) is 5.91 Å². The first-order valence-corrected chi connectivity index (χ1v) is 8.51. The zero-order valence-electron chi connectivity index (χ0n) is 10.8. The van der Waals surface area contributed by atoms with Crippen LogP contribution in [0.25, 0.3) is 0 Å². The van der Waals surface area contributed by atoms with Gasteiger partial charge in [0.25, 0.3) is 5.91 Å². The van der Waals surface area contributed by atoms with E-state index in [1.54, 1.807) is 35.6 Å². The highest BCUT2D eigenvalue weighted by molar-refractivity contribution is 7.98. The van der Waals surface area contributed by atoms with Crippen LogP contribution in [0.5, 0.6) is 0 Å². The first-order chi connectivity index (χ1) is 9.69. The predicted molar refractivity (Wildman–Crippen MR) is 88.3 cm³/mol. The number of hydrogen-bond acceptors (Lipinski definition) is 4. The molecule has 104 valence electrons. The van der Waals surface area contributed by atoms with E-state index in [1.807, 2.05) is 18.8 Å². The number of anilines is 2. The van der Waals surface area contributed by atoms with Crippen molar-refractivity contribution in [2.75, 3.05) is 17.7 Å². The molecular weight excluding hydrogens is 312 g/mol. The van der Waals surface area contributed by atoms with E-state index in [9.17, 15) is 4.79 Å². The molecule has 2 aromatic rings. The average molecular weight is 325 g/mol. The van der Waals surface area contributed by atoms with Gasteiger partial charge in [0.05, 0.1) is 5.56 Å². The average Bonchev–Trinajstić information content (AvgIpc) is 3.00. The molecule has 0 bridgehead atoms. The molecule has 1 aromatic heterocycles. The standard InChI is InChI=1S/C14H13ClN2OS2/c1-16-14-12(10-6-19-7-11(10)20-14)13(18)17-9-4-2-8(15)3-5-9/h2-5,16H,6-7H2,1H3,(H,17,18). The van der Waals surface area contributed by atoms with E-state index >= 15 is 0 Å². The molecule has 0 radical (unpaired) electrons. The molecule has 0 fully saturated rings. The van der Waals surface area contributed by atoms with Gasteiger partial charge in [0.2, 0.25) is 0 Å². The van der Waals surface area contributed by atoms with E-state index in [0.29, 0.717) is 5.02 Å². The molecule has 2 heterocycles. The molecule has 3 nitrogen and oxygen atoms in total. The molecule has 20 heavy (non-hydrogen) atoms. The first kappa shape index (κ1) is 13.8. The van der Waals surface area contributed by atoms with E-state index in [4.69, 9.17) is 11.6 Å². The van der Waals surface area contributed by atoms with Crippen LogP contribution >= 0.6 is 34.7 Å². The van der Waals surface area contributed by atoms with Crippen LogP contribution in [0, 0.1) is 0 Å². The number of hydrogen-bond donors (Lipinski definition) is 2. The minimum absolute atomic E-state index is 0.0586. The quantitative estimate of drug-likeness (QED) is 0.876. The van der Waals surface area contributed by atoms with Crippen molar-refractivity contribution in [2.24, 2.45) is 0 Å². The van der Waals surface area contributed by atoms with Crippen molar-refractivity contribution in [1.29, 1.82) is 0 Å². The number of halogens is 1. The van der Waals surface area contributed by atoms with Crippen molar-refractivity contribution in [1.82, 2.24) is 0 Å². The predicted octanol–water partition coefficient (Wildman–Crippen LogP) is 4.44. The molecule has 1 aliphatic heterocycles. The lowest BCUT2D eigenvalue weighted by molar-refractivity contribution is 0.102. The number of thioether (sulfide) groups is 1. The molecule has 3 rings (SSSR count). The van der Waals surface area contributed by atoms with E-state index in [0.717, 1.165) is 27.8 Å². The van der Waals surface area contributed by atoms with Gasteiger partial charge < -0.3 is 10.6 Å². The second-order valence-corrected chi connectivity index (χ2v) is 6.94. The molecule has 0 aliphatic carbocycles. The van der Waals surface area contributed by atoms with Crippen LogP contribution < -0.4 is 10.6 Å². The fourth-order valence-electron chi connectivity index (χ4n) is 2.17. The number of thiophene rings is 1. The Hall–Kier alpha value is -1.17. The van der Waals surface area contributed by atoms with Gasteiger partial charge >= 0.3 is 0 Å². The summed E-state index contributed by atoms with van der Waals surface area (Å²) >= 11 is 9.38. The van der Waals surface area contributed by atoms with E-state index < -0.39 is 0 Å². The van der Waals surface area contributed by atoms with Crippen LogP contribution in [0.4, 0.5) is 10.7 Å². The first-order valence-electron chi connectivity index (χ1n) is 6.16. The number of fused-ring (bicyclic) bond motifs is 1. The lowest BCUT2D eigenvalue weighted by atomic mass is 10.1. The van der Waals surface area contributed by atoms with Crippen LogP contribution in [0.3, 0.4) is 0 Å². The van der Waals surface area contributed by atoms with Crippen LogP contribution in [0.1, 0.15) is 20.8 Å². The summed E-state index contributed by atoms with van der Waals surface area (Å²) in [7, 11) is 1.85. The summed E-state index contributed by atoms with van der Waals surface area (Å²) in [6.07, 6.45) is 0. The molecule has 6 heteroatoms. The normalized spacial score (nSPS) is 13.1. The fourth-order valence-corrected chi connectivity index (χ4v) is 4.82. The van der Waals surface area contributed by atoms with Crippen LogP contribution in [-0.4, -0.2) is 13.0 Å². The topological polar surface area (TPSA) is 41.1 Å². The summed E-state index contributed by atoms with van der Waals surface area (Å²) in [4.78, 5) is 13.8. The van der Waals surface area contributed by atoms with Crippen LogP contribution in [0.15, 0.2) is 24.3 Å². The van der Waals surface area contributed by atoms with Crippen molar-refractivity contribution in [3.05, 3.63) is 45.3 Å². The Kier molecular flexibility index (Phi) is 3.92. The van der Waals surface area contributed by atoms with Gasteiger partial charge in [-0.3, -0.25) is 4.79 Å². The molecule has 0 unspecified atom stereocenters. The largest absolute Gasteiger partial charge is 0.379 e. The lowest BCUT2D eigenvalue weighted by Crippen LogP contribution is -2.14. The van der Waals surface area contributed by atoms with Gasteiger partial charge in [0.1, 0.15) is 5.00 Å². The zero-order valence-corrected chi connectivity index (χ0v) is 13.2. The summed E-state index contributed by atoms with van der Waals surface area (Å²) in [5.41, 5.74) is 2.72. The van der Waals surface area contributed by atoms with Crippen molar-refractivity contribution < 1.29 is 4.79 Å². The molecule has 0 saturated heterocycles. The van der Waals surface area contributed by atoms with Crippen molar-refractivity contribution >= 4 is 51.3 Å². The van der Waals surface area contributed by atoms with E-state index in [1.165, 1.54) is 10.4 Å². The van der Waals surface area contributed by atoms with Crippen LogP contribution in [0.2, 0.25) is 5.02 Å². The third kappa shape index (κ3) is 2.53. The maximum absolute atomic E-state index is 12.5. The third-order valence-corrected chi connectivity index (χ3v) is 5.80. The Morgan fingerprint density at radius 1 is 1.25 bits per heavy atom. The molecule has 1 amide bonds. The number of carbonyl (C=O) groups excluding carboxylic acids is 1. The van der Waals surface area contributed by atoms with Gasteiger partial charge in [-0.1, -0.05) is 11.6 Å². The van der Waals surface area contributed by atoms with Crippen molar-refractivity contribution in [3.63, 3.8) is 0 Å². The summed E-state index contributed by atoms with van der Waals surface area (Å²) in [6, 6.07) is 7.15. The molecule has 0 atom stereocenters. The van der Waals surface area contributed by atoms with Crippen LogP contribution in [-0.2, 0) is 11.5 Å². The molecule has 0 saturated carbocycles. The Morgan fingerprint density at radius 3 is 2.70 bits per heavy atom. The number of nitrogens with one attached hydrogen (secondary N) is 2. The van der Waals surface area contributed by atoms with Gasteiger partial charge in [-0.05, 0) is 29.8 Å². The maximum atomic E-state index is 12.5. The Bertz CT molecular complexity index is 652. The highest BCUT2D eigenvalue weighted by Crippen LogP contribution is 2.42. The van der Waals surface area contributed by atoms with Gasteiger partial charge in [-0.15, -0.1) is 11.3 Å². The summed E-state index contributed by atoms with van der Waals surface area (Å²) < 4.78 is 0. The minimum atomic E-state index is -0.0586. The third-order valence-electron chi connectivity index (χ3n) is 3.13. The number of benzene rings is 1. The highest BCUT2D eigenvalue weighted by Gasteiger charge is 2.26. The van der Waals surface area contributed by atoms with Crippen molar-refractivity contribution in [2.45, 2.75) is 11.5 Å². The second kappa shape index (κ2) is 5.68. The lowest BCUT2D eigenvalue weighted by Gasteiger charge is -2.08. The number of amides is 1. The van der Waals surface area contributed by atoms with Crippen molar-refractivity contribution in [3.8, 4) is 0 Å². The van der Waals surface area contributed by atoms with Gasteiger partial charge in [-0.2, -0.15) is 11.8 Å². The highest BCUT2D eigenvalue weighted by atomic mass is 35.5. The van der Waals surface area contributed by atoms with E-state index in [2.05, 4.69) is 10.6 Å². The Balaban J connectivity index is 1.89. The molecule has 2 N–H and O–H groups in total. The van der Waals surface area contributed by atoms with Gasteiger partial charge in [-0.25, -0.2) is 0 Å². The maximum Gasteiger partial charge on any atom is 0.258 e. The fraction of sp³-hybridized carbons (Fsp3) is 0.214. The molecule has 0 spiro atoms. The molecular formula is C14H13ClN2OS2. The summed E-state index contributed by atoms with van der Waals surface area (Å²) in [5, 5.41) is 7.67.